The summed E-state index contributed by atoms with van der Waals surface area (Å²) in [6.07, 6.45) is 0. The van der Waals surface area contributed by atoms with Gasteiger partial charge in [-0.05, 0) is 29.2 Å². The maximum Gasteiger partial charge on any atom is 0.488 e. The van der Waals surface area contributed by atoms with Gasteiger partial charge in [-0.3, -0.25) is 9.63 Å². The molecule has 2 rings (SSSR count). The van der Waals surface area contributed by atoms with Gasteiger partial charge in [0.2, 0.25) is 0 Å². The van der Waals surface area contributed by atoms with Gasteiger partial charge in [-0.1, -0.05) is 24.3 Å². The molecule has 2 aromatic rings. The highest BCUT2D eigenvalue weighted by atomic mass is 16.6. The van der Waals surface area contributed by atoms with Crippen molar-refractivity contribution in [2.75, 3.05) is 14.2 Å². The average Bonchev–Trinajstić information content (AvgIpc) is 2.61. The zero-order valence-corrected chi connectivity index (χ0v) is 13.4. The van der Waals surface area contributed by atoms with Crippen LogP contribution in [0.3, 0.4) is 0 Å². The van der Waals surface area contributed by atoms with Crippen LogP contribution in [0.4, 0.5) is 0 Å². The van der Waals surface area contributed by atoms with E-state index in [0.717, 1.165) is 5.56 Å². The van der Waals surface area contributed by atoms with E-state index < -0.39 is 13.0 Å². The molecule has 0 heterocycles. The SMILES string of the molecule is COc1ccc(C(=O)NOCc2ccc(B(O)O)cc2)cc1OC. The summed E-state index contributed by atoms with van der Waals surface area (Å²) < 4.78 is 10.3. The summed E-state index contributed by atoms with van der Waals surface area (Å²) in [6, 6.07) is 11.3. The Morgan fingerprint density at radius 3 is 2.29 bits per heavy atom. The molecule has 0 aliphatic rings. The van der Waals surface area contributed by atoms with Crippen LogP contribution in [-0.2, 0) is 11.4 Å². The van der Waals surface area contributed by atoms with Crippen LogP contribution >= 0.6 is 0 Å². The molecule has 1 amide bonds. The van der Waals surface area contributed by atoms with Crippen LogP contribution in [0.15, 0.2) is 42.5 Å². The lowest BCUT2D eigenvalue weighted by Gasteiger charge is -2.10. The summed E-state index contributed by atoms with van der Waals surface area (Å²) in [4.78, 5) is 17.2. The number of hydrogen-bond acceptors (Lipinski definition) is 6. The fraction of sp³-hybridized carbons (Fsp3) is 0.188. The maximum absolute atomic E-state index is 12.0. The monoisotopic (exact) mass is 331 g/mol. The topological polar surface area (TPSA) is 97.3 Å². The van der Waals surface area contributed by atoms with Gasteiger partial charge in [-0.2, -0.15) is 0 Å². The molecule has 126 valence electrons. The molecular formula is C16H18BNO6. The lowest BCUT2D eigenvalue weighted by Crippen LogP contribution is -2.29. The van der Waals surface area contributed by atoms with Crippen LogP contribution < -0.4 is 20.4 Å². The Morgan fingerprint density at radius 1 is 1.04 bits per heavy atom. The number of ether oxygens (including phenoxy) is 2. The molecule has 0 aliphatic carbocycles. The Bertz CT molecular complexity index is 689. The van der Waals surface area contributed by atoms with E-state index in [9.17, 15) is 4.79 Å². The number of methoxy groups -OCH3 is 2. The number of carbonyl (C=O) groups is 1. The molecule has 0 atom stereocenters. The van der Waals surface area contributed by atoms with Crippen molar-refractivity contribution < 1.29 is 29.2 Å². The largest absolute Gasteiger partial charge is 0.493 e. The zero-order chi connectivity index (χ0) is 17.5. The molecule has 24 heavy (non-hydrogen) atoms. The highest BCUT2D eigenvalue weighted by molar-refractivity contribution is 6.58. The predicted molar refractivity (Wildman–Crippen MR) is 88.1 cm³/mol. The molecule has 0 bridgehead atoms. The second-order valence-electron chi connectivity index (χ2n) is 4.90. The summed E-state index contributed by atoms with van der Waals surface area (Å²) >= 11 is 0. The van der Waals surface area contributed by atoms with Gasteiger partial charge in [0.15, 0.2) is 11.5 Å². The highest BCUT2D eigenvalue weighted by Gasteiger charge is 2.12. The first kappa shape index (κ1) is 17.8. The van der Waals surface area contributed by atoms with Gasteiger partial charge >= 0.3 is 7.12 Å². The Balaban J connectivity index is 1.91. The Kier molecular flexibility index (Phi) is 6.19. The fourth-order valence-electron chi connectivity index (χ4n) is 2.01. The summed E-state index contributed by atoms with van der Waals surface area (Å²) in [5.74, 6) is 0.558. The normalized spacial score (nSPS) is 10.2. The lowest BCUT2D eigenvalue weighted by molar-refractivity contribution is 0.0233. The first-order chi connectivity index (χ1) is 11.5. The van der Waals surface area contributed by atoms with Gasteiger partial charge in [-0.15, -0.1) is 0 Å². The van der Waals surface area contributed by atoms with Crippen LogP contribution in [0.1, 0.15) is 15.9 Å². The standard InChI is InChI=1S/C16H18BNO6/c1-22-14-8-5-12(9-15(14)23-2)16(19)18-24-10-11-3-6-13(7-4-11)17(20)21/h3-9,20-21H,10H2,1-2H3,(H,18,19). The number of amides is 1. The number of benzene rings is 2. The molecule has 8 heteroatoms. The zero-order valence-electron chi connectivity index (χ0n) is 13.4. The summed E-state index contributed by atoms with van der Waals surface area (Å²) in [5.41, 5.74) is 3.86. The summed E-state index contributed by atoms with van der Waals surface area (Å²) in [5, 5.41) is 18.0. The second-order valence-corrected chi connectivity index (χ2v) is 4.90. The van der Waals surface area contributed by atoms with Gasteiger partial charge in [0, 0.05) is 5.56 Å². The van der Waals surface area contributed by atoms with E-state index in [1.807, 2.05) is 0 Å². The Morgan fingerprint density at radius 2 is 1.71 bits per heavy atom. The van der Waals surface area contributed by atoms with Crippen molar-refractivity contribution in [1.29, 1.82) is 0 Å². The maximum atomic E-state index is 12.0. The lowest BCUT2D eigenvalue weighted by atomic mass is 9.80. The third kappa shape index (κ3) is 4.48. The number of hydroxylamine groups is 1. The minimum absolute atomic E-state index is 0.140. The molecule has 0 saturated heterocycles. The number of nitrogens with one attached hydrogen (secondary N) is 1. The van der Waals surface area contributed by atoms with Crippen molar-refractivity contribution in [1.82, 2.24) is 5.48 Å². The van der Waals surface area contributed by atoms with Crippen molar-refractivity contribution in [3.63, 3.8) is 0 Å². The molecule has 0 spiro atoms. The van der Waals surface area contributed by atoms with Crippen LogP contribution in [0.5, 0.6) is 11.5 Å². The van der Waals surface area contributed by atoms with Gasteiger partial charge in [-0.25, -0.2) is 5.48 Å². The molecule has 7 nitrogen and oxygen atoms in total. The number of hydrogen-bond donors (Lipinski definition) is 3. The second kappa shape index (κ2) is 8.35. The molecule has 2 aromatic carbocycles. The van der Waals surface area contributed by atoms with Gasteiger partial charge in [0.25, 0.3) is 5.91 Å². The van der Waals surface area contributed by atoms with Crippen molar-refractivity contribution in [3.05, 3.63) is 53.6 Å². The van der Waals surface area contributed by atoms with Gasteiger partial charge in [0.05, 0.1) is 20.8 Å². The number of carbonyl (C=O) groups excluding carboxylic acids is 1. The van der Waals surface area contributed by atoms with E-state index in [4.69, 9.17) is 24.4 Å². The molecule has 3 N–H and O–H groups in total. The van der Waals surface area contributed by atoms with Crippen LogP contribution in [0.25, 0.3) is 0 Å². The minimum Gasteiger partial charge on any atom is -0.493 e. The van der Waals surface area contributed by atoms with E-state index in [-0.39, 0.29) is 6.61 Å². The van der Waals surface area contributed by atoms with Crippen LogP contribution in [0, 0.1) is 0 Å². The quantitative estimate of drug-likeness (QED) is 0.497. The Labute approximate surface area is 139 Å². The molecule has 0 unspecified atom stereocenters. The van der Waals surface area contributed by atoms with Crippen molar-refractivity contribution in [2.24, 2.45) is 0 Å². The van der Waals surface area contributed by atoms with E-state index >= 15 is 0 Å². The molecular weight excluding hydrogens is 313 g/mol. The molecule has 0 saturated carbocycles. The highest BCUT2D eigenvalue weighted by Crippen LogP contribution is 2.27. The summed E-state index contributed by atoms with van der Waals surface area (Å²) in [7, 11) is 1.50. The van der Waals surface area contributed by atoms with Crippen LogP contribution in [0.2, 0.25) is 0 Å². The third-order valence-corrected chi connectivity index (χ3v) is 3.33. The van der Waals surface area contributed by atoms with Gasteiger partial charge in [0.1, 0.15) is 0 Å². The summed E-state index contributed by atoms with van der Waals surface area (Å²) in [6.45, 7) is 0.140. The van der Waals surface area contributed by atoms with Crippen LogP contribution in [-0.4, -0.2) is 37.3 Å². The van der Waals surface area contributed by atoms with Crippen molar-refractivity contribution >= 4 is 18.5 Å². The van der Waals surface area contributed by atoms with E-state index in [0.29, 0.717) is 22.5 Å². The minimum atomic E-state index is -1.51. The van der Waals surface area contributed by atoms with Crippen molar-refractivity contribution in [3.8, 4) is 11.5 Å². The van der Waals surface area contributed by atoms with Crippen molar-refractivity contribution in [2.45, 2.75) is 6.61 Å². The molecule has 0 aliphatic heterocycles. The Hall–Kier alpha value is -2.55. The molecule has 0 aromatic heterocycles. The third-order valence-electron chi connectivity index (χ3n) is 3.33. The molecule has 0 radical (unpaired) electrons. The van der Waals surface area contributed by atoms with E-state index in [1.165, 1.54) is 14.2 Å². The smallest absolute Gasteiger partial charge is 0.488 e. The van der Waals surface area contributed by atoms with E-state index in [1.54, 1.807) is 42.5 Å². The molecule has 0 fully saturated rings. The first-order valence-electron chi connectivity index (χ1n) is 7.14. The first-order valence-corrected chi connectivity index (χ1v) is 7.14. The van der Waals surface area contributed by atoms with Gasteiger partial charge < -0.3 is 19.5 Å². The predicted octanol–water partition coefficient (Wildman–Crippen LogP) is 0.245. The average molecular weight is 331 g/mol. The number of rotatable bonds is 7. The fourth-order valence-corrected chi connectivity index (χ4v) is 2.01. The van der Waals surface area contributed by atoms with E-state index in [2.05, 4.69) is 5.48 Å².